The fraction of sp³-hybridized carbons (Fsp3) is 0.400. The van der Waals surface area contributed by atoms with Crippen LogP contribution >= 0.6 is 0 Å². The molecule has 0 bridgehead atoms. The van der Waals surface area contributed by atoms with Crippen molar-refractivity contribution in [3.05, 3.63) is 24.3 Å². The van der Waals surface area contributed by atoms with Crippen molar-refractivity contribution in [1.29, 1.82) is 0 Å². The van der Waals surface area contributed by atoms with Crippen LogP contribution in [0.4, 0.5) is 11.4 Å². The molecule has 1 aromatic rings. The molecule has 1 aliphatic rings. The van der Waals surface area contributed by atoms with Gasteiger partial charge >= 0.3 is 0 Å². The highest BCUT2D eigenvalue weighted by Gasteiger charge is 2.27. The van der Waals surface area contributed by atoms with E-state index in [2.05, 4.69) is 5.32 Å². The summed E-state index contributed by atoms with van der Waals surface area (Å²) < 4.78 is 0. The first-order valence-electron chi connectivity index (χ1n) is 6.96. The molecule has 0 saturated heterocycles. The number of fused-ring (bicyclic) bond motifs is 1. The molecule has 118 valence electrons. The number of anilines is 2. The second-order valence-corrected chi connectivity index (χ2v) is 5.51. The van der Waals surface area contributed by atoms with Gasteiger partial charge in [-0.1, -0.05) is 12.1 Å². The van der Waals surface area contributed by atoms with Crippen molar-refractivity contribution in [3.63, 3.8) is 0 Å². The van der Waals surface area contributed by atoms with Gasteiger partial charge in [-0.05, 0) is 19.2 Å². The predicted octanol–water partition coefficient (Wildman–Crippen LogP) is -0.00830. The highest BCUT2D eigenvalue weighted by Crippen LogP contribution is 2.28. The lowest BCUT2D eigenvalue weighted by atomic mass is 10.2. The number of carbonyl (C=O) groups excluding carboxylic acids is 3. The Morgan fingerprint density at radius 2 is 1.86 bits per heavy atom. The molecule has 0 spiro atoms. The SMILES string of the molecule is CN(CC(=O)N(C)C)CC(=O)N1CC(=O)Nc2ccccc21. The molecule has 7 nitrogen and oxygen atoms in total. The average Bonchev–Trinajstić information content (AvgIpc) is 2.45. The van der Waals surface area contributed by atoms with E-state index in [0.29, 0.717) is 11.4 Å². The molecule has 0 atom stereocenters. The lowest BCUT2D eigenvalue weighted by molar-refractivity contribution is -0.130. The number of likely N-dealkylation sites (N-methyl/N-ethyl adjacent to an activating group) is 2. The lowest BCUT2D eigenvalue weighted by Crippen LogP contribution is -2.47. The number of amides is 3. The number of rotatable bonds is 4. The van der Waals surface area contributed by atoms with Crippen LogP contribution in [-0.2, 0) is 14.4 Å². The molecule has 0 unspecified atom stereocenters. The van der Waals surface area contributed by atoms with Crippen LogP contribution in [0.2, 0.25) is 0 Å². The second-order valence-electron chi connectivity index (χ2n) is 5.51. The Balaban J connectivity index is 2.07. The van der Waals surface area contributed by atoms with Crippen LogP contribution in [0.15, 0.2) is 24.3 Å². The molecule has 0 radical (unpaired) electrons. The van der Waals surface area contributed by atoms with Crippen LogP contribution in [0.1, 0.15) is 0 Å². The summed E-state index contributed by atoms with van der Waals surface area (Å²) in [7, 11) is 5.04. The normalized spacial score (nSPS) is 13.6. The van der Waals surface area contributed by atoms with Crippen LogP contribution in [0.25, 0.3) is 0 Å². The highest BCUT2D eigenvalue weighted by molar-refractivity contribution is 6.10. The Morgan fingerprint density at radius 1 is 1.18 bits per heavy atom. The van der Waals surface area contributed by atoms with Gasteiger partial charge in [0.15, 0.2) is 0 Å². The van der Waals surface area contributed by atoms with Crippen molar-refractivity contribution < 1.29 is 14.4 Å². The van der Waals surface area contributed by atoms with Gasteiger partial charge in [0.2, 0.25) is 17.7 Å². The predicted molar refractivity (Wildman–Crippen MR) is 83.6 cm³/mol. The molecule has 3 amide bonds. The fourth-order valence-electron chi connectivity index (χ4n) is 2.20. The van der Waals surface area contributed by atoms with Gasteiger partial charge in [0, 0.05) is 14.1 Å². The number of hydrogen-bond acceptors (Lipinski definition) is 4. The lowest BCUT2D eigenvalue weighted by Gasteiger charge is -2.30. The minimum Gasteiger partial charge on any atom is -0.348 e. The van der Waals surface area contributed by atoms with E-state index in [1.165, 1.54) is 9.80 Å². The van der Waals surface area contributed by atoms with Gasteiger partial charge in [0.25, 0.3) is 0 Å². The van der Waals surface area contributed by atoms with Crippen LogP contribution in [0.3, 0.4) is 0 Å². The summed E-state index contributed by atoms with van der Waals surface area (Å²) in [5.74, 6) is -0.512. The van der Waals surface area contributed by atoms with Crippen molar-refractivity contribution >= 4 is 29.1 Å². The summed E-state index contributed by atoms with van der Waals surface area (Å²) in [6.45, 7) is 0.215. The van der Waals surface area contributed by atoms with Gasteiger partial charge in [0.05, 0.1) is 24.5 Å². The number of hydrogen-bond donors (Lipinski definition) is 1. The maximum absolute atomic E-state index is 12.4. The summed E-state index contributed by atoms with van der Waals surface area (Å²) >= 11 is 0. The third kappa shape index (κ3) is 3.62. The van der Waals surface area contributed by atoms with Gasteiger partial charge in [-0.25, -0.2) is 0 Å². The topological polar surface area (TPSA) is 73.0 Å². The summed E-state index contributed by atoms with van der Waals surface area (Å²) in [5, 5.41) is 2.74. The number of nitrogens with zero attached hydrogens (tertiary/aromatic N) is 3. The molecule has 7 heteroatoms. The quantitative estimate of drug-likeness (QED) is 0.849. The van der Waals surface area contributed by atoms with Crippen LogP contribution in [-0.4, -0.2) is 68.3 Å². The summed E-state index contributed by atoms with van der Waals surface area (Å²) in [6.07, 6.45) is 0. The zero-order valence-electron chi connectivity index (χ0n) is 13.0. The van der Waals surface area contributed by atoms with Gasteiger partial charge in [0.1, 0.15) is 6.54 Å². The number of para-hydroxylation sites is 2. The number of nitrogens with one attached hydrogen (secondary N) is 1. The number of carbonyl (C=O) groups is 3. The molecule has 1 heterocycles. The molecular weight excluding hydrogens is 284 g/mol. The number of benzene rings is 1. The second kappa shape index (κ2) is 6.57. The van der Waals surface area contributed by atoms with E-state index in [-0.39, 0.29) is 37.4 Å². The molecule has 1 N–H and O–H groups in total. The van der Waals surface area contributed by atoms with E-state index in [9.17, 15) is 14.4 Å². The van der Waals surface area contributed by atoms with E-state index in [4.69, 9.17) is 0 Å². The molecule has 0 fully saturated rings. The molecule has 2 rings (SSSR count). The van der Waals surface area contributed by atoms with Gasteiger partial charge in [-0.2, -0.15) is 0 Å². The Kier molecular flexibility index (Phi) is 4.77. The molecular formula is C15H20N4O3. The Morgan fingerprint density at radius 3 is 2.55 bits per heavy atom. The van der Waals surface area contributed by atoms with Crippen molar-refractivity contribution in [2.24, 2.45) is 0 Å². The third-order valence-corrected chi connectivity index (χ3v) is 3.38. The zero-order valence-corrected chi connectivity index (χ0v) is 13.0. The van der Waals surface area contributed by atoms with E-state index >= 15 is 0 Å². The zero-order chi connectivity index (χ0) is 16.3. The highest BCUT2D eigenvalue weighted by atomic mass is 16.2. The van der Waals surface area contributed by atoms with E-state index in [1.54, 1.807) is 44.2 Å². The van der Waals surface area contributed by atoms with Crippen molar-refractivity contribution in [3.8, 4) is 0 Å². The maximum Gasteiger partial charge on any atom is 0.244 e. The Hall–Kier alpha value is -2.41. The van der Waals surface area contributed by atoms with Crippen LogP contribution in [0, 0.1) is 0 Å². The first kappa shape index (κ1) is 16.0. The van der Waals surface area contributed by atoms with Gasteiger partial charge in [-0.3, -0.25) is 24.2 Å². The Bertz CT molecular complexity index is 600. The largest absolute Gasteiger partial charge is 0.348 e. The monoisotopic (exact) mass is 304 g/mol. The van der Waals surface area contributed by atoms with Crippen molar-refractivity contribution in [2.75, 3.05) is 51.0 Å². The van der Waals surface area contributed by atoms with Crippen molar-refractivity contribution in [1.82, 2.24) is 9.80 Å². The first-order valence-corrected chi connectivity index (χ1v) is 6.96. The minimum absolute atomic E-state index is 0.00862. The minimum atomic E-state index is -0.223. The van der Waals surface area contributed by atoms with E-state index in [1.807, 2.05) is 6.07 Å². The molecule has 1 aliphatic heterocycles. The average molecular weight is 304 g/mol. The molecule has 22 heavy (non-hydrogen) atoms. The molecule has 0 aliphatic carbocycles. The molecule has 1 aromatic carbocycles. The van der Waals surface area contributed by atoms with Gasteiger partial charge < -0.3 is 10.2 Å². The summed E-state index contributed by atoms with van der Waals surface area (Å²) in [6, 6.07) is 7.16. The van der Waals surface area contributed by atoms with Crippen LogP contribution in [0.5, 0.6) is 0 Å². The van der Waals surface area contributed by atoms with Crippen LogP contribution < -0.4 is 10.2 Å². The van der Waals surface area contributed by atoms with E-state index < -0.39 is 0 Å². The van der Waals surface area contributed by atoms with Gasteiger partial charge in [-0.15, -0.1) is 0 Å². The summed E-state index contributed by atoms with van der Waals surface area (Å²) in [5.41, 5.74) is 1.30. The van der Waals surface area contributed by atoms with Crippen molar-refractivity contribution in [2.45, 2.75) is 0 Å². The third-order valence-electron chi connectivity index (χ3n) is 3.38. The Labute approximate surface area is 129 Å². The standard InChI is InChI=1S/C15H20N4O3/c1-17(2)14(21)9-18(3)10-15(22)19-8-13(20)16-11-6-4-5-7-12(11)19/h4-7H,8-10H2,1-3H3,(H,16,20). The summed E-state index contributed by atoms with van der Waals surface area (Å²) in [4.78, 5) is 40.4. The van der Waals surface area contributed by atoms with E-state index in [0.717, 1.165) is 0 Å². The smallest absolute Gasteiger partial charge is 0.244 e. The first-order chi connectivity index (χ1) is 10.4. The maximum atomic E-state index is 12.4. The molecule has 0 aromatic heterocycles. The molecule has 0 saturated carbocycles. The fourth-order valence-corrected chi connectivity index (χ4v) is 2.20.